The van der Waals surface area contributed by atoms with Crippen molar-refractivity contribution in [3.8, 4) is 5.75 Å². The Morgan fingerprint density at radius 1 is 1.40 bits per heavy atom. The van der Waals surface area contributed by atoms with Crippen LogP contribution in [0.5, 0.6) is 5.75 Å². The molecule has 0 bridgehead atoms. The average Bonchev–Trinajstić information content (AvgIpc) is 2.79. The monoisotopic (exact) mass is 276 g/mol. The maximum absolute atomic E-state index is 11.9. The van der Waals surface area contributed by atoms with Crippen LogP contribution in [0.25, 0.3) is 0 Å². The summed E-state index contributed by atoms with van der Waals surface area (Å²) >= 11 is 0. The molecule has 0 radical (unpaired) electrons. The van der Waals surface area contributed by atoms with Crippen molar-refractivity contribution in [1.82, 2.24) is 0 Å². The second-order valence-corrected chi connectivity index (χ2v) is 5.51. The predicted octanol–water partition coefficient (Wildman–Crippen LogP) is 1.56. The van der Waals surface area contributed by atoms with E-state index in [1.165, 1.54) is 0 Å². The molecule has 1 aliphatic rings. The smallest absolute Gasteiger partial charge is 0.227 e. The number of nitrogens with zero attached hydrogens (tertiary/aromatic N) is 1. The first-order valence-corrected chi connectivity index (χ1v) is 6.80. The molecule has 0 aromatic heterocycles. The summed E-state index contributed by atoms with van der Waals surface area (Å²) < 4.78 is 5.59. The Morgan fingerprint density at radius 3 is 2.55 bits per heavy atom. The summed E-state index contributed by atoms with van der Waals surface area (Å²) in [5.74, 6) is 0.369. The summed E-state index contributed by atoms with van der Waals surface area (Å²) in [6.07, 6.45) is 0.195. The zero-order chi connectivity index (χ0) is 14.7. The standard InChI is InChI=1S/C15H20N2O3/c1-10(2)9-20-13-5-3-12(4-6-13)17-8-11(15(16)19)7-14(17)18/h3-6,10-11H,7-9H2,1-2H3,(H2,16,19)/t11-/m1/s1. The van der Waals surface area contributed by atoms with Crippen LogP contribution in [0, 0.1) is 11.8 Å². The fourth-order valence-electron chi connectivity index (χ4n) is 2.13. The maximum Gasteiger partial charge on any atom is 0.227 e. The van der Waals surface area contributed by atoms with E-state index >= 15 is 0 Å². The lowest BCUT2D eigenvalue weighted by atomic mass is 10.1. The number of nitrogens with two attached hydrogens (primary N) is 1. The van der Waals surface area contributed by atoms with Gasteiger partial charge in [0.25, 0.3) is 0 Å². The molecule has 0 spiro atoms. The van der Waals surface area contributed by atoms with E-state index in [0.717, 1.165) is 11.4 Å². The summed E-state index contributed by atoms with van der Waals surface area (Å²) in [4.78, 5) is 24.6. The largest absolute Gasteiger partial charge is 0.493 e. The molecule has 20 heavy (non-hydrogen) atoms. The zero-order valence-corrected chi connectivity index (χ0v) is 11.8. The van der Waals surface area contributed by atoms with E-state index in [2.05, 4.69) is 13.8 Å². The summed E-state index contributed by atoms with van der Waals surface area (Å²) in [6.45, 7) is 5.19. The minimum absolute atomic E-state index is 0.0651. The van der Waals surface area contributed by atoms with Gasteiger partial charge in [-0.1, -0.05) is 13.8 Å². The number of hydrogen-bond acceptors (Lipinski definition) is 3. The third-order valence-corrected chi connectivity index (χ3v) is 3.26. The number of carbonyl (C=O) groups is 2. The van der Waals surface area contributed by atoms with Gasteiger partial charge >= 0.3 is 0 Å². The number of rotatable bonds is 5. The van der Waals surface area contributed by atoms with Gasteiger partial charge in [0.1, 0.15) is 5.75 Å². The van der Waals surface area contributed by atoms with Gasteiger partial charge in [0, 0.05) is 18.7 Å². The Kier molecular flexibility index (Phi) is 4.27. The molecule has 1 aromatic rings. The molecule has 5 heteroatoms. The van der Waals surface area contributed by atoms with E-state index in [-0.39, 0.29) is 18.2 Å². The van der Waals surface area contributed by atoms with E-state index in [4.69, 9.17) is 10.5 Å². The fourth-order valence-corrected chi connectivity index (χ4v) is 2.13. The average molecular weight is 276 g/mol. The number of carbonyl (C=O) groups excluding carboxylic acids is 2. The van der Waals surface area contributed by atoms with Crippen LogP contribution < -0.4 is 15.4 Å². The maximum atomic E-state index is 11.9. The van der Waals surface area contributed by atoms with Gasteiger partial charge in [0.15, 0.2) is 0 Å². The van der Waals surface area contributed by atoms with Crippen LogP contribution in [-0.2, 0) is 9.59 Å². The van der Waals surface area contributed by atoms with Crippen LogP contribution >= 0.6 is 0 Å². The highest BCUT2D eigenvalue weighted by Gasteiger charge is 2.33. The SMILES string of the molecule is CC(C)COc1ccc(N2C[C@H](C(N)=O)CC2=O)cc1. The molecule has 0 aliphatic carbocycles. The van der Waals surface area contributed by atoms with Gasteiger partial charge in [-0.2, -0.15) is 0 Å². The molecule has 1 fully saturated rings. The van der Waals surface area contributed by atoms with Gasteiger partial charge in [-0.15, -0.1) is 0 Å². The fraction of sp³-hybridized carbons (Fsp3) is 0.467. The normalized spacial score (nSPS) is 18.6. The van der Waals surface area contributed by atoms with Crippen LogP contribution in [-0.4, -0.2) is 25.0 Å². The van der Waals surface area contributed by atoms with Crippen molar-refractivity contribution in [3.05, 3.63) is 24.3 Å². The van der Waals surface area contributed by atoms with Crippen molar-refractivity contribution in [2.75, 3.05) is 18.1 Å². The molecule has 1 atom stereocenters. The molecule has 1 aromatic carbocycles. The zero-order valence-electron chi connectivity index (χ0n) is 11.8. The van der Waals surface area contributed by atoms with Gasteiger partial charge in [-0.05, 0) is 30.2 Å². The van der Waals surface area contributed by atoms with Crippen molar-refractivity contribution in [1.29, 1.82) is 0 Å². The van der Waals surface area contributed by atoms with Crippen LogP contribution in [0.1, 0.15) is 20.3 Å². The molecule has 0 saturated carbocycles. The van der Waals surface area contributed by atoms with Gasteiger partial charge in [-0.25, -0.2) is 0 Å². The summed E-state index contributed by atoms with van der Waals surface area (Å²) in [6, 6.07) is 7.33. The summed E-state index contributed by atoms with van der Waals surface area (Å²) in [5.41, 5.74) is 6.03. The first-order chi connectivity index (χ1) is 9.47. The number of benzene rings is 1. The second-order valence-electron chi connectivity index (χ2n) is 5.51. The molecule has 2 rings (SSSR count). The van der Waals surface area contributed by atoms with Crippen LogP contribution in [0.15, 0.2) is 24.3 Å². The predicted molar refractivity (Wildman–Crippen MR) is 76.4 cm³/mol. The quantitative estimate of drug-likeness (QED) is 0.887. The number of hydrogen-bond donors (Lipinski definition) is 1. The van der Waals surface area contributed by atoms with E-state index in [9.17, 15) is 9.59 Å². The van der Waals surface area contributed by atoms with Crippen molar-refractivity contribution in [2.24, 2.45) is 17.6 Å². The first kappa shape index (κ1) is 14.4. The van der Waals surface area contributed by atoms with E-state index in [0.29, 0.717) is 19.1 Å². The third kappa shape index (κ3) is 3.29. The van der Waals surface area contributed by atoms with E-state index in [1.807, 2.05) is 24.3 Å². The summed E-state index contributed by atoms with van der Waals surface area (Å²) in [5, 5.41) is 0. The Morgan fingerprint density at radius 2 is 2.05 bits per heavy atom. The lowest BCUT2D eigenvalue weighted by Gasteiger charge is -2.17. The lowest BCUT2D eigenvalue weighted by Crippen LogP contribution is -2.28. The minimum atomic E-state index is -0.419. The molecule has 1 saturated heterocycles. The highest BCUT2D eigenvalue weighted by molar-refractivity contribution is 6.00. The van der Waals surface area contributed by atoms with Crippen LogP contribution in [0.3, 0.4) is 0 Å². The van der Waals surface area contributed by atoms with E-state index < -0.39 is 5.91 Å². The van der Waals surface area contributed by atoms with Crippen molar-refractivity contribution >= 4 is 17.5 Å². The van der Waals surface area contributed by atoms with Gasteiger partial charge < -0.3 is 15.4 Å². The van der Waals surface area contributed by atoms with Gasteiger partial charge in [0.05, 0.1) is 12.5 Å². The van der Waals surface area contributed by atoms with Crippen molar-refractivity contribution < 1.29 is 14.3 Å². The highest BCUT2D eigenvalue weighted by atomic mass is 16.5. The molecule has 108 valence electrons. The minimum Gasteiger partial charge on any atom is -0.493 e. The molecule has 1 heterocycles. The second kappa shape index (κ2) is 5.94. The molecule has 2 N–H and O–H groups in total. The first-order valence-electron chi connectivity index (χ1n) is 6.80. The molecule has 1 aliphatic heterocycles. The number of ether oxygens (including phenoxy) is 1. The Bertz CT molecular complexity index is 496. The van der Waals surface area contributed by atoms with Gasteiger partial charge in [0.2, 0.25) is 11.8 Å². The van der Waals surface area contributed by atoms with Crippen molar-refractivity contribution in [2.45, 2.75) is 20.3 Å². The highest BCUT2D eigenvalue weighted by Crippen LogP contribution is 2.26. The van der Waals surface area contributed by atoms with Crippen LogP contribution in [0.4, 0.5) is 5.69 Å². The summed E-state index contributed by atoms with van der Waals surface area (Å²) in [7, 11) is 0. The number of anilines is 1. The number of amides is 2. The molecule has 0 unspecified atom stereocenters. The Hall–Kier alpha value is -2.04. The van der Waals surface area contributed by atoms with Crippen molar-refractivity contribution in [3.63, 3.8) is 0 Å². The molecular formula is C15H20N2O3. The Labute approximate surface area is 118 Å². The molecular weight excluding hydrogens is 256 g/mol. The van der Waals surface area contributed by atoms with Gasteiger partial charge in [-0.3, -0.25) is 9.59 Å². The number of primary amides is 1. The van der Waals surface area contributed by atoms with E-state index in [1.54, 1.807) is 4.90 Å². The molecule has 2 amide bonds. The third-order valence-electron chi connectivity index (χ3n) is 3.26. The lowest BCUT2D eigenvalue weighted by molar-refractivity contribution is -0.123. The molecule has 5 nitrogen and oxygen atoms in total. The topological polar surface area (TPSA) is 72.6 Å². The Balaban J connectivity index is 2.03. The van der Waals surface area contributed by atoms with Crippen LogP contribution in [0.2, 0.25) is 0 Å².